The van der Waals surface area contributed by atoms with Gasteiger partial charge >= 0.3 is 0 Å². The Morgan fingerprint density at radius 2 is 1.62 bits per heavy atom. The number of hydroxylamine groups is 2. The first kappa shape index (κ1) is 13.6. The smallest absolute Gasteiger partial charge is 0.232 e. The van der Waals surface area contributed by atoms with E-state index in [0.29, 0.717) is 0 Å². The van der Waals surface area contributed by atoms with Crippen molar-refractivity contribution in [2.75, 3.05) is 7.11 Å². The lowest BCUT2D eigenvalue weighted by molar-refractivity contribution is -1.05. The number of nitrogens with zero attached hydrogens (tertiary/aromatic N) is 1. The van der Waals surface area contributed by atoms with Crippen LogP contribution < -0.4 is 4.89 Å². The molecule has 13 heavy (non-hydrogen) atoms. The predicted octanol–water partition coefficient (Wildman–Crippen LogP) is 1.94. The number of hydrogen-bond donors (Lipinski definition) is 0. The molecule has 0 rings (SSSR count). The minimum Gasteiger partial charge on any atom is -0.755 e. The van der Waals surface area contributed by atoms with Crippen LogP contribution in [0.1, 0.15) is 27.7 Å². The molecule has 0 aromatic carbocycles. The summed E-state index contributed by atoms with van der Waals surface area (Å²) in [6.07, 6.45) is 0. The molecule has 0 aliphatic carbocycles. The molecule has 0 aromatic rings. The monoisotopic (exact) mass is 229 g/mol. The average molecular weight is 230 g/mol. The van der Waals surface area contributed by atoms with Crippen molar-refractivity contribution in [3.8, 4) is 0 Å². The minimum absolute atomic E-state index is 0.0207. The van der Waals surface area contributed by atoms with Gasteiger partial charge in [-0.25, -0.2) is 8.91 Å². The molecular formula is C7H17ClNO3P. The molecule has 1 unspecified atom stereocenters. The van der Waals surface area contributed by atoms with Crippen LogP contribution in [-0.2, 0) is 8.91 Å². The normalized spacial score (nSPS) is 15.5. The maximum atomic E-state index is 11.6. The maximum absolute atomic E-state index is 11.6. The quantitative estimate of drug-likeness (QED) is 0.534. The summed E-state index contributed by atoms with van der Waals surface area (Å²) in [7, 11) is -0.571. The summed E-state index contributed by atoms with van der Waals surface area (Å²) in [5.41, 5.74) is 0. The molecule has 0 aliphatic heterocycles. The number of hydrogen-bond acceptors (Lipinski definition) is 3. The Morgan fingerprint density at radius 3 is 1.69 bits per heavy atom. The highest BCUT2D eigenvalue weighted by molar-refractivity contribution is 7.39. The van der Waals surface area contributed by atoms with Crippen molar-refractivity contribution in [1.82, 2.24) is 0 Å². The van der Waals surface area contributed by atoms with Crippen LogP contribution in [0.2, 0.25) is 0 Å². The fraction of sp³-hybridized carbons (Fsp3) is 1.00. The zero-order chi connectivity index (χ0) is 10.6. The van der Waals surface area contributed by atoms with E-state index in [1.165, 1.54) is 7.11 Å². The van der Waals surface area contributed by atoms with Gasteiger partial charge in [-0.15, -0.1) is 4.42 Å². The molecule has 1 atom stereocenters. The van der Waals surface area contributed by atoms with Crippen molar-refractivity contribution in [2.45, 2.75) is 39.8 Å². The number of quaternary nitrogens is 1. The highest BCUT2D eigenvalue weighted by atomic mass is 35.5. The van der Waals surface area contributed by atoms with Crippen molar-refractivity contribution < 1.29 is 18.2 Å². The topological polar surface area (TPSA) is 41.5 Å². The molecule has 0 saturated carbocycles. The van der Waals surface area contributed by atoms with Gasteiger partial charge in [0.1, 0.15) is 12.1 Å². The number of halogens is 1. The third-order valence-electron chi connectivity index (χ3n) is 2.09. The maximum Gasteiger partial charge on any atom is 0.232 e. The van der Waals surface area contributed by atoms with Crippen LogP contribution in [0.15, 0.2) is 0 Å². The molecule has 0 N–H and O–H groups in total. The third-order valence-corrected chi connectivity index (χ3v) is 4.16. The van der Waals surface area contributed by atoms with E-state index in [4.69, 9.17) is 16.7 Å². The fourth-order valence-corrected chi connectivity index (χ4v) is 2.78. The van der Waals surface area contributed by atoms with Crippen LogP contribution in [-0.4, -0.2) is 23.6 Å². The standard InChI is InChI=1S/C7H17ClNO3P/c1-6(2)9(11-5,7(3)4)13(10)12-8/h6-7H,1-5H3. The SMILES string of the molecule is CO[N+](C(C)C)(C(C)C)P([O-])OCl. The van der Waals surface area contributed by atoms with Crippen LogP contribution in [0.25, 0.3) is 0 Å². The van der Waals surface area contributed by atoms with Crippen molar-refractivity contribution in [3.05, 3.63) is 0 Å². The predicted molar refractivity (Wildman–Crippen MR) is 51.4 cm³/mol. The van der Waals surface area contributed by atoms with Gasteiger partial charge in [0.25, 0.3) is 0 Å². The lowest BCUT2D eigenvalue weighted by atomic mass is 10.3. The van der Waals surface area contributed by atoms with Crippen LogP contribution >= 0.6 is 20.4 Å². The van der Waals surface area contributed by atoms with Crippen molar-refractivity contribution in [1.29, 1.82) is 0 Å². The molecule has 80 valence electrons. The largest absolute Gasteiger partial charge is 0.755 e. The summed E-state index contributed by atoms with van der Waals surface area (Å²) in [5, 5.41) is 0. The van der Waals surface area contributed by atoms with E-state index >= 15 is 0 Å². The molecule has 0 radical (unpaired) electrons. The van der Waals surface area contributed by atoms with E-state index in [2.05, 4.69) is 4.08 Å². The van der Waals surface area contributed by atoms with Gasteiger partial charge in [0, 0.05) is 0 Å². The highest BCUT2D eigenvalue weighted by Gasteiger charge is 2.41. The summed E-state index contributed by atoms with van der Waals surface area (Å²) >= 11 is 5.12. The number of rotatable bonds is 5. The molecule has 4 nitrogen and oxygen atoms in total. The zero-order valence-corrected chi connectivity index (χ0v) is 10.3. The summed E-state index contributed by atoms with van der Waals surface area (Å²) in [4.78, 5) is 16.8. The Balaban J connectivity index is 4.86. The Hall–Kier alpha value is 0.560. The van der Waals surface area contributed by atoms with Crippen LogP contribution in [0, 0.1) is 0 Å². The second-order valence-electron chi connectivity index (χ2n) is 3.35. The van der Waals surface area contributed by atoms with Gasteiger partial charge in [-0.1, -0.05) is 0 Å². The van der Waals surface area contributed by atoms with Crippen molar-refractivity contribution in [2.24, 2.45) is 0 Å². The van der Waals surface area contributed by atoms with Gasteiger partial charge < -0.3 is 4.89 Å². The average Bonchev–Trinajstić information content (AvgIpc) is 2.04. The lowest BCUT2D eigenvalue weighted by Crippen LogP contribution is -2.54. The van der Waals surface area contributed by atoms with Gasteiger partial charge in [0.15, 0.2) is 0 Å². The Labute approximate surface area is 86.1 Å². The molecule has 0 bridgehead atoms. The summed E-state index contributed by atoms with van der Waals surface area (Å²) < 4.78 is 4.27. The molecule has 0 saturated heterocycles. The van der Waals surface area contributed by atoms with E-state index in [1.54, 1.807) is 0 Å². The fourth-order valence-electron chi connectivity index (χ4n) is 1.51. The second-order valence-corrected chi connectivity index (χ2v) is 5.00. The van der Waals surface area contributed by atoms with Crippen molar-refractivity contribution >= 4 is 20.4 Å². The molecule has 0 aromatic heterocycles. The van der Waals surface area contributed by atoms with E-state index in [-0.39, 0.29) is 16.5 Å². The van der Waals surface area contributed by atoms with E-state index in [1.807, 2.05) is 27.7 Å². The van der Waals surface area contributed by atoms with Crippen LogP contribution in [0.5, 0.6) is 0 Å². The molecule has 6 heteroatoms. The third kappa shape index (κ3) is 2.52. The first-order valence-electron chi connectivity index (χ1n) is 4.14. The second kappa shape index (κ2) is 5.44. The first-order valence-corrected chi connectivity index (χ1v) is 5.57. The molecule has 0 amide bonds. The first-order chi connectivity index (χ1) is 5.93. The van der Waals surface area contributed by atoms with E-state index in [0.717, 1.165) is 0 Å². The van der Waals surface area contributed by atoms with Gasteiger partial charge in [0.2, 0.25) is 8.53 Å². The van der Waals surface area contributed by atoms with E-state index in [9.17, 15) is 4.89 Å². The highest BCUT2D eigenvalue weighted by Crippen LogP contribution is 2.47. The molecule has 0 heterocycles. The van der Waals surface area contributed by atoms with E-state index < -0.39 is 8.53 Å². The van der Waals surface area contributed by atoms with Gasteiger partial charge in [0.05, 0.1) is 19.0 Å². The van der Waals surface area contributed by atoms with Crippen LogP contribution in [0.4, 0.5) is 0 Å². The lowest BCUT2D eigenvalue weighted by Gasteiger charge is -2.46. The summed E-state index contributed by atoms with van der Waals surface area (Å²) in [6.45, 7) is 7.64. The van der Waals surface area contributed by atoms with Gasteiger partial charge in [-0.3, -0.25) is 0 Å². The van der Waals surface area contributed by atoms with Crippen LogP contribution in [0.3, 0.4) is 0 Å². The summed E-state index contributed by atoms with van der Waals surface area (Å²) in [6, 6.07) is 0.0414. The molecular weight excluding hydrogens is 213 g/mol. The van der Waals surface area contributed by atoms with Gasteiger partial charge in [-0.2, -0.15) is 0 Å². The molecule has 0 fully saturated rings. The zero-order valence-electron chi connectivity index (χ0n) is 8.65. The molecule has 0 spiro atoms. The van der Waals surface area contributed by atoms with Crippen molar-refractivity contribution in [3.63, 3.8) is 0 Å². The Bertz CT molecular complexity index is 149. The Morgan fingerprint density at radius 1 is 1.23 bits per heavy atom. The molecule has 0 aliphatic rings. The minimum atomic E-state index is -2.07. The van der Waals surface area contributed by atoms with Gasteiger partial charge in [-0.05, 0) is 27.7 Å². The summed E-state index contributed by atoms with van der Waals surface area (Å²) in [5.74, 6) is 0. The Kier molecular flexibility index (Phi) is 5.68.